The van der Waals surface area contributed by atoms with E-state index in [4.69, 9.17) is 5.73 Å². The Labute approximate surface area is 108 Å². The van der Waals surface area contributed by atoms with E-state index in [1.165, 1.54) is 0 Å². The van der Waals surface area contributed by atoms with Crippen LogP contribution in [0.3, 0.4) is 0 Å². The van der Waals surface area contributed by atoms with Gasteiger partial charge in [0.1, 0.15) is 5.75 Å². The van der Waals surface area contributed by atoms with Crippen molar-refractivity contribution in [3.05, 3.63) is 23.3 Å². The molecular formula is C14H22N2O2. The van der Waals surface area contributed by atoms with E-state index in [1.807, 2.05) is 26.8 Å². The molecule has 4 heteroatoms. The molecule has 0 spiro atoms. The van der Waals surface area contributed by atoms with E-state index in [0.717, 1.165) is 11.1 Å². The Balaban J connectivity index is 2.76. The Hall–Kier alpha value is -1.55. The standard InChI is InChI=1S/C14H22N2O2/c1-8(2)11(15)7-13(17)16-12-6-9(3)5-10(4)14(12)18/h5-6,8,11,18H,7,15H2,1-4H3,(H,16,17). The van der Waals surface area contributed by atoms with Crippen LogP contribution in [0.25, 0.3) is 0 Å². The number of nitrogens with two attached hydrogens (primary N) is 1. The summed E-state index contributed by atoms with van der Waals surface area (Å²) >= 11 is 0. The first kappa shape index (κ1) is 14.5. The van der Waals surface area contributed by atoms with E-state index >= 15 is 0 Å². The van der Waals surface area contributed by atoms with Gasteiger partial charge in [-0.25, -0.2) is 0 Å². The van der Waals surface area contributed by atoms with Crippen LogP contribution < -0.4 is 11.1 Å². The molecule has 0 bridgehead atoms. The summed E-state index contributed by atoms with van der Waals surface area (Å²) in [6, 6.07) is 3.45. The van der Waals surface area contributed by atoms with E-state index in [2.05, 4.69) is 5.32 Å². The number of carbonyl (C=O) groups is 1. The minimum Gasteiger partial charge on any atom is -0.505 e. The Morgan fingerprint density at radius 1 is 1.39 bits per heavy atom. The first-order valence-electron chi connectivity index (χ1n) is 6.17. The SMILES string of the molecule is Cc1cc(C)c(O)c(NC(=O)CC(N)C(C)C)c1. The van der Waals surface area contributed by atoms with E-state index in [-0.39, 0.29) is 30.0 Å². The molecule has 100 valence electrons. The second-order valence-electron chi connectivity index (χ2n) is 5.14. The summed E-state index contributed by atoms with van der Waals surface area (Å²) in [5.41, 5.74) is 8.04. The first-order chi connectivity index (χ1) is 8.31. The van der Waals surface area contributed by atoms with Gasteiger partial charge in [0.15, 0.2) is 0 Å². The maximum absolute atomic E-state index is 11.8. The lowest BCUT2D eigenvalue weighted by Crippen LogP contribution is -2.31. The highest BCUT2D eigenvalue weighted by Gasteiger charge is 2.15. The van der Waals surface area contributed by atoms with E-state index in [0.29, 0.717) is 5.69 Å². The Bertz CT molecular complexity index is 442. The largest absolute Gasteiger partial charge is 0.505 e. The van der Waals surface area contributed by atoms with Crippen molar-refractivity contribution in [1.82, 2.24) is 0 Å². The van der Waals surface area contributed by atoms with Crippen LogP contribution in [0, 0.1) is 19.8 Å². The summed E-state index contributed by atoms with van der Waals surface area (Å²) in [5.74, 6) is 0.201. The summed E-state index contributed by atoms with van der Waals surface area (Å²) in [5, 5.41) is 12.6. The van der Waals surface area contributed by atoms with Crippen LogP contribution in [0.5, 0.6) is 5.75 Å². The van der Waals surface area contributed by atoms with Gasteiger partial charge in [-0.05, 0) is 37.0 Å². The van der Waals surface area contributed by atoms with Crippen LogP contribution in [0.15, 0.2) is 12.1 Å². The lowest BCUT2D eigenvalue weighted by molar-refractivity contribution is -0.116. The quantitative estimate of drug-likeness (QED) is 0.718. The topological polar surface area (TPSA) is 75.3 Å². The number of hydrogen-bond acceptors (Lipinski definition) is 3. The fourth-order valence-electron chi connectivity index (χ4n) is 1.71. The minimum atomic E-state index is -0.170. The second kappa shape index (κ2) is 5.87. The highest BCUT2D eigenvalue weighted by molar-refractivity contribution is 5.93. The van der Waals surface area contributed by atoms with Gasteiger partial charge in [-0.3, -0.25) is 4.79 Å². The molecule has 1 unspecified atom stereocenters. The van der Waals surface area contributed by atoms with Gasteiger partial charge < -0.3 is 16.2 Å². The molecule has 0 heterocycles. The predicted octanol–water partition coefficient (Wildman–Crippen LogP) is 2.32. The van der Waals surface area contributed by atoms with Crippen molar-refractivity contribution in [2.75, 3.05) is 5.32 Å². The van der Waals surface area contributed by atoms with Gasteiger partial charge in [0.25, 0.3) is 0 Å². The fourth-order valence-corrected chi connectivity index (χ4v) is 1.71. The van der Waals surface area contributed by atoms with Crippen molar-refractivity contribution in [2.45, 2.75) is 40.2 Å². The molecular weight excluding hydrogens is 228 g/mol. The lowest BCUT2D eigenvalue weighted by Gasteiger charge is -2.16. The van der Waals surface area contributed by atoms with Crippen molar-refractivity contribution in [3.63, 3.8) is 0 Å². The molecule has 1 aromatic rings. The van der Waals surface area contributed by atoms with Gasteiger partial charge in [0.05, 0.1) is 5.69 Å². The monoisotopic (exact) mass is 250 g/mol. The summed E-state index contributed by atoms with van der Waals surface area (Å²) in [6.07, 6.45) is 0.254. The third-order valence-electron chi connectivity index (χ3n) is 3.00. The van der Waals surface area contributed by atoms with Gasteiger partial charge in [0, 0.05) is 12.5 Å². The Kier molecular flexibility index (Phi) is 4.73. The van der Waals surface area contributed by atoms with Crippen molar-refractivity contribution in [1.29, 1.82) is 0 Å². The lowest BCUT2D eigenvalue weighted by atomic mass is 10.0. The highest BCUT2D eigenvalue weighted by Crippen LogP contribution is 2.28. The van der Waals surface area contributed by atoms with Crippen LogP contribution in [0.2, 0.25) is 0 Å². The molecule has 4 N–H and O–H groups in total. The first-order valence-corrected chi connectivity index (χ1v) is 6.17. The van der Waals surface area contributed by atoms with Gasteiger partial charge >= 0.3 is 0 Å². The number of amides is 1. The van der Waals surface area contributed by atoms with Crippen molar-refractivity contribution in [2.24, 2.45) is 11.7 Å². The van der Waals surface area contributed by atoms with Gasteiger partial charge in [-0.1, -0.05) is 19.9 Å². The molecule has 4 nitrogen and oxygen atoms in total. The molecule has 1 amide bonds. The zero-order valence-corrected chi connectivity index (χ0v) is 11.4. The molecule has 1 rings (SSSR count). The molecule has 0 aromatic heterocycles. The number of phenols is 1. The molecule has 1 aromatic carbocycles. The number of aromatic hydroxyl groups is 1. The summed E-state index contributed by atoms with van der Waals surface area (Å²) in [6.45, 7) is 7.68. The molecule has 18 heavy (non-hydrogen) atoms. The second-order valence-corrected chi connectivity index (χ2v) is 5.14. The van der Waals surface area contributed by atoms with Crippen molar-refractivity contribution in [3.8, 4) is 5.75 Å². The van der Waals surface area contributed by atoms with Gasteiger partial charge in [0.2, 0.25) is 5.91 Å². The fraction of sp³-hybridized carbons (Fsp3) is 0.500. The summed E-state index contributed by atoms with van der Waals surface area (Å²) < 4.78 is 0. The third-order valence-corrected chi connectivity index (χ3v) is 3.00. The summed E-state index contributed by atoms with van der Waals surface area (Å²) in [7, 11) is 0. The number of aryl methyl sites for hydroxylation is 2. The smallest absolute Gasteiger partial charge is 0.226 e. The van der Waals surface area contributed by atoms with E-state index < -0.39 is 0 Å². The van der Waals surface area contributed by atoms with Crippen LogP contribution >= 0.6 is 0 Å². The molecule has 0 aliphatic heterocycles. The number of hydrogen-bond donors (Lipinski definition) is 3. The minimum absolute atomic E-state index is 0.118. The van der Waals surface area contributed by atoms with Gasteiger partial charge in [-0.2, -0.15) is 0 Å². The molecule has 0 aliphatic rings. The van der Waals surface area contributed by atoms with E-state index in [1.54, 1.807) is 13.0 Å². The summed E-state index contributed by atoms with van der Waals surface area (Å²) in [4.78, 5) is 11.8. The Morgan fingerprint density at radius 3 is 2.56 bits per heavy atom. The number of anilines is 1. The average molecular weight is 250 g/mol. The maximum atomic E-state index is 11.8. The zero-order chi connectivity index (χ0) is 13.9. The number of nitrogens with one attached hydrogen (secondary N) is 1. The third kappa shape index (κ3) is 3.74. The molecule has 0 radical (unpaired) electrons. The van der Waals surface area contributed by atoms with Crippen LogP contribution in [0.4, 0.5) is 5.69 Å². The molecule has 0 saturated heterocycles. The predicted molar refractivity (Wildman–Crippen MR) is 73.6 cm³/mol. The zero-order valence-electron chi connectivity index (χ0n) is 11.4. The molecule has 0 fully saturated rings. The maximum Gasteiger partial charge on any atom is 0.226 e. The average Bonchev–Trinajstić information content (AvgIpc) is 2.24. The van der Waals surface area contributed by atoms with E-state index in [9.17, 15) is 9.90 Å². The van der Waals surface area contributed by atoms with Crippen LogP contribution in [0.1, 0.15) is 31.4 Å². The van der Waals surface area contributed by atoms with Crippen LogP contribution in [-0.4, -0.2) is 17.1 Å². The number of phenolic OH excluding ortho intramolecular Hbond substituents is 1. The van der Waals surface area contributed by atoms with Crippen molar-refractivity contribution < 1.29 is 9.90 Å². The molecule has 1 atom stereocenters. The highest BCUT2D eigenvalue weighted by atomic mass is 16.3. The normalized spacial score (nSPS) is 12.6. The van der Waals surface area contributed by atoms with Gasteiger partial charge in [-0.15, -0.1) is 0 Å². The van der Waals surface area contributed by atoms with Crippen LogP contribution in [-0.2, 0) is 4.79 Å². The molecule has 0 saturated carbocycles. The number of benzene rings is 1. The number of rotatable bonds is 4. The number of carbonyl (C=O) groups excluding carboxylic acids is 1. The Morgan fingerprint density at radius 2 is 2.00 bits per heavy atom. The van der Waals surface area contributed by atoms with Crippen molar-refractivity contribution >= 4 is 11.6 Å². The molecule has 0 aliphatic carbocycles.